The molecule has 0 N–H and O–H groups in total. The van der Waals surface area contributed by atoms with E-state index in [0.717, 1.165) is 63.0 Å². The molecule has 150 valence electrons. The van der Waals surface area contributed by atoms with Gasteiger partial charge in [0.15, 0.2) is 0 Å². The molecule has 0 unspecified atom stereocenters. The first-order valence-electron chi connectivity index (χ1n) is 9.92. The Morgan fingerprint density at radius 1 is 1.04 bits per heavy atom. The average molecular weight is 386 g/mol. The van der Waals surface area contributed by atoms with Crippen molar-refractivity contribution >= 4 is 22.5 Å². The number of non-ortho nitro benzene ring substituents is 1. The van der Waals surface area contributed by atoms with Crippen molar-refractivity contribution in [2.75, 3.05) is 45.8 Å². The van der Waals surface area contributed by atoms with Crippen molar-refractivity contribution in [2.24, 2.45) is 0 Å². The maximum absolute atomic E-state index is 12.4. The highest BCUT2D eigenvalue weighted by atomic mass is 16.6. The summed E-state index contributed by atoms with van der Waals surface area (Å²) in [6.45, 7) is 6.46. The van der Waals surface area contributed by atoms with Crippen LogP contribution < -0.4 is 0 Å². The van der Waals surface area contributed by atoms with E-state index in [0.29, 0.717) is 13.2 Å². The third-order valence-electron chi connectivity index (χ3n) is 5.70. The number of carbonyl (C=O) groups is 1. The Hall–Kier alpha value is -2.52. The van der Waals surface area contributed by atoms with Crippen LogP contribution in [0.2, 0.25) is 0 Å². The van der Waals surface area contributed by atoms with Crippen molar-refractivity contribution in [3.05, 3.63) is 34.5 Å². The molecule has 0 aliphatic carbocycles. The number of benzene rings is 1. The van der Waals surface area contributed by atoms with Crippen LogP contribution in [0, 0.1) is 10.1 Å². The lowest BCUT2D eigenvalue weighted by molar-refractivity contribution is -0.384. The van der Waals surface area contributed by atoms with Gasteiger partial charge >= 0.3 is 0 Å². The summed E-state index contributed by atoms with van der Waals surface area (Å²) in [6.07, 6.45) is 5.16. The second-order valence-electron chi connectivity index (χ2n) is 7.62. The van der Waals surface area contributed by atoms with Crippen molar-refractivity contribution in [1.29, 1.82) is 0 Å². The van der Waals surface area contributed by atoms with Crippen LogP contribution in [-0.2, 0) is 11.5 Å². The number of likely N-dealkylation sites (tertiary alicyclic amines) is 1. The van der Waals surface area contributed by atoms with Gasteiger partial charge in [-0.15, -0.1) is 0 Å². The summed E-state index contributed by atoms with van der Waals surface area (Å²) < 4.78 is 1.88. The van der Waals surface area contributed by atoms with Gasteiger partial charge in [0, 0.05) is 56.8 Å². The number of amides is 1. The number of piperazine rings is 1. The zero-order valence-corrected chi connectivity index (χ0v) is 16.0. The number of hydrogen-bond acceptors (Lipinski definition) is 6. The van der Waals surface area contributed by atoms with Gasteiger partial charge in [0.25, 0.3) is 5.69 Å². The fourth-order valence-corrected chi connectivity index (χ4v) is 4.01. The van der Waals surface area contributed by atoms with Crippen LogP contribution in [-0.4, -0.2) is 81.1 Å². The number of piperidine rings is 1. The van der Waals surface area contributed by atoms with Crippen LogP contribution in [0.3, 0.4) is 0 Å². The molecule has 28 heavy (non-hydrogen) atoms. The number of carbonyl (C=O) groups excluding carboxylic acids is 1. The van der Waals surface area contributed by atoms with Gasteiger partial charge in [0.05, 0.1) is 29.9 Å². The molecule has 4 rings (SSSR count). The van der Waals surface area contributed by atoms with E-state index in [9.17, 15) is 14.9 Å². The van der Waals surface area contributed by atoms with E-state index in [1.165, 1.54) is 12.5 Å². The van der Waals surface area contributed by atoms with E-state index in [4.69, 9.17) is 0 Å². The van der Waals surface area contributed by atoms with Gasteiger partial charge in [-0.3, -0.25) is 29.4 Å². The molecule has 0 atom stereocenters. The van der Waals surface area contributed by atoms with E-state index >= 15 is 0 Å². The van der Waals surface area contributed by atoms with Crippen LogP contribution in [0.15, 0.2) is 24.4 Å². The lowest BCUT2D eigenvalue weighted by Gasteiger charge is -2.36. The van der Waals surface area contributed by atoms with Gasteiger partial charge in [0.2, 0.25) is 5.91 Å². The molecule has 2 aliphatic rings. The van der Waals surface area contributed by atoms with Crippen LogP contribution in [0.25, 0.3) is 10.9 Å². The fourth-order valence-electron chi connectivity index (χ4n) is 4.01. The summed E-state index contributed by atoms with van der Waals surface area (Å²) in [5.41, 5.74) is 0.979. The van der Waals surface area contributed by atoms with Gasteiger partial charge in [-0.2, -0.15) is 5.10 Å². The summed E-state index contributed by atoms with van der Waals surface area (Å²) in [4.78, 5) is 29.5. The molecule has 2 saturated heterocycles. The highest BCUT2D eigenvalue weighted by Crippen LogP contribution is 2.21. The molecule has 0 saturated carbocycles. The number of fused-ring (bicyclic) bond motifs is 1. The van der Waals surface area contributed by atoms with E-state index in [1.54, 1.807) is 18.3 Å². The molecule has 3 heterocycles. The molecule has 9 nitrogen and oxygen atoms in total. The van der Waals surface area contributed by atoms with Crippen LogP contribution in [0.5, 0.6) is 0 Å². The smallest absolute Gasteiger partial charge is 0.270 e. The first-order valence-corrected chi connectivity index (χ1v) is 9.92. The highest BCUT2D eigenvalue weighted by Gasteiger charge is 2.23. The minimum atomic E-state index is -0.388. The molecule has 1 amide bonds. The first kappa shape index (κ1) is 18.8. The topological polar surface area (TPSA) is 87.8 Å². The third-order valence-corrected chi connectivity index (χ3v) is 5.70. The van der Waals surface area contributed by atoms with Crippen LogP contribution in [0.1, 0.15) is 19.3 Å². The van der Waals surface area contributed by atoms with Gasteiger partial charge < -0.3 is 4.90 Å². The lowest BCUT2D eigenvalue weighted by Crippen LogP contribution is -2.50. The third kappa shape index (κ3) is 4.15. The van der Waals surface area contributed by atoms with Crippen molar-refractivity contribution < 1.29 is 9.72 Å². The van der Waals surface area contributed by atoms with Crippen molar-refractivity contribution in [3.63, 3.8) is 0 Å². The number of nitrogens with zero attached hydrogens (tertiary/aromatic N) is 6. The molecule has 9 heteroatoms. The Morgan fingerprint density at radius 2 is 1.75 bits per heavy atom. The summed E-state index contributed by atoms with van der Waals surface area (Å²) in [5, 5.41) is 16.1. The number of nitro benzene ring substituents is 1. The fraction of sp³-hybridized carbons (Fsp3) is 0.579. The second-order valence-corrected chi connectivity index (χ2v) is 7.62. The van der Waals surface area contributed by atoms with E-state index in [1.807, 2.05) is 9.58 Å². The lowest BCUT2D eigenvalue weighted by atomic mass is 10.1. The first-order chi connectivity index (χ1) is 13.6. The molecule has 0 spiro atoms. The minimum absolute atomic E-state index is 0.0824. The largest absolute Gasteiger partial charge is 0.342 e. The number of rotatable bonds is 5. The average Bonchev–Trinajstić information content (AvgIpc) is 3.12. The maximum Gasteiger partial charge on any atom is 0.270 e. The molecular weight excluding hydrogens is 360 g/mol. The Balaban J connectivity index is 1.30. The number of aromatic nitrogens is 2. The van der Waals surface area contributed by atoms with Gasteiger partial charge in [-0.25, -0.2) is 0 Å². The number of nitro groups is 1. The number of hydrogen-bond donors (Lipinski definition) is 0. The van der Waals surface area contributed by atoms with Crippen LogP contribution in [0.4, 0.5) is 5.69 Å². The zero-order chi connectivity index (χ0) is 19.5. The van der Waals surface area contributed by atoms with E-state index in [2.05, 4.69) is 14.9 Å². The SMILES string of the molecule is O=C(CN1CCN(Cn2ncc3cc([N+](=O)[O-])ccc32)CC1)N1CCCCC1. The summed E-state index contributed by atoms with van der Waals surface area (Å²) in [6, 6.07) is 4.83. The standard InChI is InChI=1S/C19H26N6O3/c26-19(23-6-2-1-3-7-23)14-21-8-10-22(11-9-21)15-24-18-5-4-17(25(27)28)12-16(18)13-20-24/h4-5,12-13H,1-3,6-11,14-15H2. The Morgan fingerprint density at radius 3 is 2.46 bits per heavy atom. The quantitative estimate of drug-likeness (QED) is 0.572. The van der Waals surface area contributed by atoms with Crippen LogP contribution >= 0.6 is 0 Å². The molecule has 0 bridgehead atoms. The summed E-state index contributed by atoms with van der Waals surface area (Å²) in [7, 11) is 0. The monoisotopic (exact) mass is 386 g/mol. The zero-order valence-electron chi connectivity index (χ0n) is 16.0. The molecule has 0 radical (unpaired) electrons. The predicted octanol–water partition coefficient (Wildman–Crippen LogP) is 1.53. The predicted molar refractivity (Wildman–Crippen MR) is 105 cm³/mol. The van der Waals surface area contributed by atoms with Crippen molar-refractivity contribution in [2.45, 2.75) is 25.9 Å². The van der Waals surface area contributed by atoms with E-state index in [-0.39, 0.29) is 16.5 Å². The molecule has 1 aromatic carbocycles. The molecular formula is C19H26N6O3. The van der Waals surface area contributed by atoms with Gasteiger partial charge in [-0.05, 0) is 25.3 Å². The Bertz CT molecular complexity index is 852. The summed E-state index contributed by atoms with van der Waals surface area (Å²) >= 11 is 0. The highest BCUT2D eigenvalue weighted by molar-refractivity contribution is 5.81. The minimum Gasteiger partial charge on any atom is -0.342 e. The maximum atomic E-state index is 12.4. The molecule has 2 fully saturated rings. The van der Waals surface area contributed by atoms with Crippen molar-refractivity contribution in [3.8, 4) is 0 Å². The normalized spacial score (nSPS) is 19.2. The van der Waals surface area contributed by atoms with Crippen molar-refractivity contribution in [1.82, 2.24) is 24.5 Å². The Kier molecular flexibility index (Phi) is 5.54. The summed E-state index contributed by atoms with van der Waals surface area (Å²) in [5.74, 6) is 0.257. The second kappa shape index (κ2) is 8.24. The molecule has 2 aliphatic heterocycles. The van der Waals surface area contributed by atoms with Gasteiger partial charge in [-0.1, -0.05) is 0 Å². The van der Waals surface area contributed by atoms with E-state index < -0.39 is 0 Å². The Labute approximate surface area is 163 Å². The molecule has 2 aromatic rings. The van der Waals surface area contributed by atoms with Gasteiger partial charge in [0.1, 0.15) is 0 Å². The molecule has 1 aromatic heterocycles.